The third kappa shape index (κ3) is 5.24. The van der Waals surface area contributed by atoms with Crippen molar-refractivity contribution >= 4 is 11.7 Å². The smallest absolute Gasteiger partial charge is 0.271 e. The van der Waals surface area contributed by atoms with Gasteiger partial charge in [0.1, 0.15) is 17.3 Å². The van der Waals surface area contributed by atoms with Crippen molar-refractivity contribution in [2.24, 2.45) is 0 Å². The van der Waals surface area contributed by atoms with Gasteiger partial charge in [-0.05, 0) is 30.2 Å². The van der Waals surface area contributed by atoms with Crippen LogP contribution in [0.5, 0.6) is 5.75 Å². The summed E-state index contributed by atoms with van der Waals surface area (Å²) in [7, 11) is 1.64. The van der Waals surface area contributed by atoms with Gasteiger partial charge in [0.25, 0.3) is 5.91 Å². The maximum absolute atomic E-state index is 12.2. The van der Waals surface area contributed by atoms with E-state index >= 15 is 0 Å². The van der Waals surface area contributed by atoms with Gasteiger partial charge < -0.3 is 15.4 Å². The number of pyridine rings is 1. The molecular weight excluding hydrogens is 342 g/mol. The zero-order valence-electron chi connectivity index (χ0n) is 15.1. The molecule has 0 spiro atoms. The third-order valence-electron chi connectivity index (χ3n) is 3.93. The second-order valence-corrected chi connectivity index (χ2v) is 5.78. The maximum atomic E-state index is 12.2. The molecule has 2 N–H and O–H groups in total. The second kappa shape index (κ2) is 9.28. The average Bonchev–Trinajstić information content (AvgIpc) is 2.73. The highest BCUT2D eigenvalue weighted by Gasteiger charge is 2.08. The van der Waals surface area contributed by atoms with Crippen molar-refractivity contribution in [2.45, 2.75) is 13.0 Å². The van der Waals surface area contributed by atoms with E-state index in [1.807, 2.05) is 42.5 Å². The van der Waals surface area contributed by atoms with E-state index in [-0.39, 0.29) is 11.6 Å². The highest BCUT2D eigenvalue weighted by molar-refractivity contribution is 5.92. The zero-order valence-corrected chi connectivity index (χ0v) is 15.1. The summed E-state index contributed by atoms with van der Waals surface area (Å²) in [5.74, 6) is 1.15. The molecule has 138 valence electrons. The number of anilines is 1. The van der Waals surface area contributed by atoms with Gasteiger partial charge in [-0.2, -0.15) is 0 Å². The normalized spacial score (nSPS) is 10.3. The number of hydrogen-bond acceptors (Lipinski definition) is 6. The Kier molecular flexibility index (Phi) is 6.30. The molecular formula is C20H21N5O2. The summed E-state index contributed by atoms with van der Waals surface area (Å²) in [5, 5.41) is 5.97. The number of para-hydroxylation sites is 1. The first-order valence-electron chi connectivity index (χ1n) is 8.62. The lowest BCUT2D eigenvalue weighted by Crippen LogP contribution is -2.26. The van der Waals surface area contributed by atoms with Crippen molar-refractivity contribution in [3.05, 3.63) is 78.0 Å². The summed E-state index contributed by atoms with van der Waals surface area (Å²) in [6.07, 6.45) is 5.41. The Morgan fingerprint density at radius 2 is 1.89 bits per heavy atom. The molecule has 7 nitrogen and oxygen atoms in total. The summed E-state index contributed by atoms with van der Waals surface area (Å²) in [5.41, 5.74) is 2.22. The third-order valence-corrected chi connectivity index (χ3v) is 3.93. The van der Waals surface area contributed by atoms with Gasteiger partial charge in [0.15, 0.2) is 0 Å². The van der Waals surface area contributed by atoms with Crippen LogP contribution in [0.25, 0.3) is 0 Å². The summed E-state index contributed by atoms with van der Waals surface area (Å²) < 4.78 is 5.31. The minimum Gasteiger partial charge on any atom is -0.496 e. The number of methoxy groups -OCH3 is 1. The molecule has 2 aromatic heterocycles. The molecule has 0 atom stereocenters. The topological polar surface area (TPSA) is 89.0 Å². The molecule has 1 aromatic carbocycles. The van der Waals surface area contributed by atoms with Crippen LogP contribution in [-0.4, -0.2) is 34.5 Å². The molecule has 0 saturated heterocycles. The first kappa shape index (κ1) is 18.3. The van der Waals surface area contributed by atoms with E-state index in [4.69, 9.17) is 4.74 Å². The van der Waals surface area contributed by atoms with Crippen molar-refractivity contribution in [3.63, 3.8) is 0 Å². The molecule has 1 amide bonds. The van der Waals surface area contributed by atoms with Crippen molar-refractivity contribution in [1.29, 1.82) is 0 Å². The van der Waals surface area contributed by atoms with E-state index in [0.29, 0.717) is 25.3 Å². The fourth-order valence-electron chi connectivity index (χ4n) is 2.53. The molecule has 27 heavy (non-hydrogen) atoms. The average molecular weight is 363 g/mol. The number of aromatic nitrogens is 3. The number of hydrogen-bond donors (Lipinski definition) is 2. The van der Waals surface area contributed by atoms with Gasteiger partial charge in [0, 0.05) is 12.7 Å². The first-order chi connectivity index (χ1) is 13.3. The molecule has 7 heteroatoms. The fraction of sp³-hybridized carbons (Fsp3) is 0.200. The number of benzene rings is 1. The van der Waals surface area contributed by atoms with Gasteiger partial charge in [0.2, 0.25) is 0 Å². The summed E-state index contributed by atoms with van der Waals surface area (Å²) in [4.78, 5) is 24.8. The van der Waals surface area contributed by atoms with Crippen LogP contribution in [-0.2, 0) is 13.0 Å². The van der Waals surface area contributed by atoms with E-state index in [9.17, 15) is 4.79 Å². The van der Waals surface area contributed by atoms with Gasteiger partial charge >= 0.3 is 0 Å². The SMILES string of the molecule is COc1ccccc1CCNC(=O)c1cnc(NCc2ccccn2)cn1. The van der Waals surface area contributed by atoms with Gasteiger partial charge in [-0.3, -0.25) is 9.78 Å². The standard InChI is InChI=1S/C20H21N5O2/c1-27-18-8-3-2-6-15(18)9-11-22-20(26)17-13-25-19(14-23-17)24-12-16-7-4-5-10-21-16/h2-8,10,13-14H,9,11-12H2,1H3,(H,22,26)(H,24,25). The zero-order chi connectivity index (χ0) is 18.9. The molecule has 3 rings (SSSR count). The molecule has 3 aromatic rings. The summed E-state index contributed by atoms with van der Waals surface area (Å²) >= 11 is 0. The van der Waals surface area contributed by atoms with Crippen LogP contribution in [0.3, 0.4) is 0 Å². The van der Waals surface area contributed by atoms with Crippen LogP contribution >= 0.6 is 0 Å². The monoisotopic (exact) mass is 363 g/mol. The van der Waals surface area contributed by atoms with E-state index in [1.165, 1.54) is 12.4 Å². The summed E-state index contributed by atoms with van der Waals surface area (Å²) in [6, 6.07) is 13.5. The van der Waals surface area contributed by atoms with Crippen molar-refractivity contribution in [2.75, 3.05) is 19.0 Å². The van der Waals surface area contributed by atoms with Crippen molar-refractivity contribution in [3.8, 4) is 5.75 Å². The Morgan fingerprint density at radius 1 is 1.04 bits per heavy atom. The highest BCUT2D eigenvalue weighted by Crippen LogP contribution is 2.17. The lowest BCUT2D eigenvalue weighted by atomic mass is 10.1. The molecule has 2 heterocycles. The second-order valence-electron chi connectivity index (χ2n) is 5.78. The number of carbonyl (C=O) groups is 1. The van der Waals surface area contributed by atoms with Gasteiger partial charge in [-0.1, -0.05) is 24.3 Å². The number of ether oxygens (including phenoxy) is 1. The maximum Gasteiger partial charge on any atom is 0.271 e. The summed E-state index contributed by atoms with van der Waals surface area (Å²) in [6.45, 7) is 1.03. The van der Waals surface area contributed by atoms with Crippen LogP contribution < -0.4 is 15.4 Å². The molecule has 0 aliphatic rings. The van der Waals surface area contributed by atoms with Gasteiger partial charge in [0.05, 0.1) is 31.7 Å². The largest absolute Gasteiger partial charge is 0.496 e. The van der Waals surface area contributed by atoms with E-state index in [1.54, 1.807) is 13.3 Å². The molecule has 0 saturated carbocycles. The molecule has 0 aliphatic heterocycles. The van der Waals surface area contributed by atoms with Crippen LogP contribution in [0.1, 0.15) is 21.7 Å². The van der Waals surface area contributed by atoms with Crippen LogP contribution in [0.15, 0.2) is 61.1 Å². The van der Waals surface area contributed by atoms with E-state index in [0.717, 1.165) is 17.0 Å². The Bertz CT molecular complexity index is 869. The Balaban J connectivity index is 1.48. The molecule has 0 bridgehead atoms. The lowest BCUT2D eigenvalue weighted by Gasteiger charge is -2.09. The molecule has 0 fully saturated rings. The molecule has 0 radical (unpaired) electrons. The number of carbonyl (C=O) groups excluding carboxylic acids is 1. The predicted molar refractivity (Wildman–Crippen MR) is 103 cm³/mol. The van der Waals surface area contributed by atoms with Gasteiger partial charge in [-0.15, -0.1) is 0 Å². The Morgan fingerprint density at radius 3 is 2.63 bits per heavy atom. The molecule has 0 unspecified atom stereocenters. The van der Waals surface area contributed by atoms with Gasteiger partial charge in [-0.25, -0.2) is 9.97 Å². The van der Waals surface area contributed by atoms with Crippen molar-refractivity contribution < 1.29 is 9.53 Å². The predicted octanol–water partition coefficient (Wildman–Crippen LogP) is 2.46. The van der Waals surface area contributed by atoms with Crippen LogP contribution in [0.2, 0.25) is 0 Å². The highest BCUT2D eigenvalue weighted by atomic mass is 16.5. The molecule has 0 aliphatic carbocycles. The Labute approximate surface area is 157 Å². The number of rotatable bonds is 8. The number of amides is 1. The van der Waals surface area contributed by atoms with E-state index in [2.05, 4.69) is 25.6 Å². The number of nitrogens with one attached hydrogen (secondary N) is 2. The van der Waals surface area contributed by atoms with Crippen LogP contribution in [0.4, 0.5) is 5.82 Å². The number of nitrogens with zero attached hydrogens (tertiary/aromatic N) is 3. The van der Waals surface area contributed by atoms with Crippen molar-refractivity contribution in [1.82, 2.24) is 20.3 Å². The first-order valence-corrected chi connectivity index (χ1v) is 8.62. The minimum absolute atomic E-state index is 0.256. The Hall–Kier alpha value is -3.48. The fourth-order valence-corrected chi connectivity index (χ4v) is 2.53. The van der Waals surface area contributed by atoms with E-state index < -0.39 is 0 Å². The van der Waals surface area contributed by atoms with Crippen LogP contribution in [0, 0.1) is 0 Å². The quantitative estimate of drug-likeness (QED) is 0.639. The lowest BCUT2D eigenvalue weighted by molar-refractivity contribution is 0.0948. The minimum atomic E-state index is -0.256.